The minimum absolute atomic E-state index is 0.0958. The second kappa shape index (κ2) is 12.7. The van der Waals surface area contributed by atoms with Crippen LogP contribution >= 0.6 is 0 Å². The van der Waals surface area contributed by atoms with E-state index >= 15 is 0 Å². The van der Waals surface area contributed by atoms with Crippen molar-refractivity contribution in [1.29, 1.82) is 0 Å². The van der Waals surface area contributed by atoms with E-state index in [-0.39, 0.29) is 25.2 Å². The highest BCUT2D eigenvalue weighted by Crippen LogP contribution is 2.31. The van der Waals surface area contributed by atoms with Crippen molar-refractivity contribution in [2.75, 3.05) is 31.1 Å². The van der Waals surface area contributed by atoms with Crippen molar-refractivity contribution in [2.45, 2.75) is 38.4 Å². The van der Waals surface area contributed by atoms with Crippen molar-refractivity contribution in [3.8, 4) is 0 Å². The quantitative estimate of drug-likeness (QED) is 0.244. The summed E-state index contributed by atoms with van der Waals surface area (Å²) in [5.74, 6) is 1.40. The average Bonchev–Trinajstić information content (AvgIpc) is 3.52. The number of aliphatic hydroxyl groups excluding tert-OH is 1. The first-order valence-corrected chi connectivity index (χ1v) is 15.7. The number of carbonyl (C=O) groups excluding carboxylic acids is 1. The Hall–Kier alpha value is -4.79. The van der Waals surface area contributed by atoms with Crippen LogP contribution in [0, 0.1) is 6.92 Å². The molecule has 8 heteroatoms. The van der Waals surface area contributed by atoms with Gasteiger partial charge >= 0.3 is 0 Å². The molecule has 2 aliphatic heterocycles. The average molecular weight is 599 g/mol. The molecule has 0 bridgehead atoms. The predicted molar refractivity (Wildman–Crippen MR) is 177 cm³/mol. The number of piperidine rings is 1. The number of para-hydroxylation sites is 3. The lowest BCUT2D eigenvalue weighted by Gasteiger charge is -2.32. The standard InChI is InChI=1S/C37H38N6O2/c1-25-21-34-29(22-31(25)37(45)38-17-20-44)24-43(30-7-3-2-4-8-30)36(41-34)28-13-11-26(12-14-28)23-42-18-15-27(16-19-42)35-39-32-9-5-6-10-33(32)40-35/h2-14,21-22,24,27,36,44H,15-20,23H2,1H3,(H,38,45)(H,39,40). The van der Waals surface area contributed by atoms with Gasteiger partial charge in [-0.05, 0) is 85.9 Å². The van der Waals surface area contributed by atoms with E-state index in [2.05, 4.69) is 80.9 Å². The Morgan fingerprint density at radius 3 is 2.49 bits per heavy atom. The Morgan fingerprint density at radius 2 is 1.73 bits per heavy atom. The molecule has 4 aromatic carbocycles. The second-order valence-electron chi connectivity index (χ2n) is 12.0. The normalized spacial score (nSPS) is 17.0. The smallest absolute Gasteiger partial charge is 0.251 e. The monoisotopic (exact) mass is 598 g/mol. The first-order chi connectivity index (χ1) is 22.1. The first-order valence-electron chi connectivity index (χ1n) is 15.7. The van der Waals surface area contributed by atoms with Gasteiger partial charge in [0.1, 0.15) is 5.82 Å². The Kier molecular flexibility index (Phi) is 8.15. The van der Waals surface area contributed by atoms with Crippen molar-refractivity contribution in [3.05, 3.63) is 130 Å². The molecule has 8 nitrogen and oxygen atoms in total. The van der Waals surface area contributed by atoms with Crippen LogP contribution in [0.2, 0.25) is 0 Å². The highest BCUT2D eigenvalue weighted by molar-refractivity contribution is 5.95. The van der Waals surface area contributed by atoms with Gasteiger partial charge < -0.3 is 20.3 Å². The fourth-order valence-electron chi connectivity index (χ4n) is 6.48. The summed E-state index contributed by atoms with van der Waals surface area (Å²) in [6.07, 6.45) is 4.06. The van der Waals surface area contributed by atoms with Crippen LogP contribution in [-0.4, -0.2) is 52.1 Å². The van der Waals surface area contributed by atoms with Gasteiger partial charge in [0.25, 0.3) is 5.91 Å². The number of anilines is 1. The number of hydrogen-bond donors (Lipinski definition) is 3. The van der Waals surface area contributed by atoms with Crippen LogP contribution in [0.4, 0.5) is 5.69 Å². The summed E-state index contributed by atoms with van der Waals surface area (Å²) in [4.78, 5) is 31.0. The molecular formula is C37H38N6O2. The number of amides is 1. The van der Waals surface area contributed by atoms with Gasteiger partial charge in [-0.25, -0.2) is 4.98 Å². The van der Waals surface area contributed by atoms with E-state index in [1.165, 1.54) is 5.56 Å². The van der Waals surface area contributed by atoms with Crippen molar-refractivity contribution in [2.24, 2.45) is 4.99 Å². The third kappa shape index (κ3) is 6.12. The molecule has 1 saturated heterocycles. The number of aliphatic hydroxyl groups is 1. The highest BCUT2D eigenvalue weighted by Gasteiger charge is 2.25. The third-order valence-electron chi connectivity index (χ3n) is 8.94. The Morgan fingerprint density at radius 1 is 0.978 bits per heavy atom. The van der Waals surface area contributed by atoms with Gasteiger partial charge in [-0.3, -0.25) is 14.7 Å². The topological polar surface area (TPSA) is 96.9 Å². The molecule has 1 aromatic heterocycles. The maximum Gasteiger partial charge on any atom is 0.251 e. The molecule has 3 N–H and O–H groups in total. The molecule has 1 fully saturated rings. The highest BCUT2D eigenvalue weighted by atomic mass is 16.3. The molecule has 0 saturated carbocycles. The maximum atomic E-state index is 12.7. The van der Waals surface area contributed by atoms with Gasteiger partial charge in [-0.15, -0.1) is 0 Å². The molecule has 7 rings (SSSR count). The van der Waals surface area contributed by atoms with E-state index in [0.29, 0.717) is 11.5 Å². The van der Waals surface area contributed by atoms with Gasteiger partial charge in [0.15, 0.2) is 6.17 Å². The minimum Gasteiger partial charge on any atom is -0.395 e. The third-order valence-corrected chi connectivity index (χ3v) is 8.94. The van der Waals surface area contributed by atoms with Gasteiger partial charge in [-0.2, -0.15) is 0 Å². The number of hydrogen-bond acceptors (Lipinski definition) is 6. The minimum atomic E-state index is -0.234. The maximum absolute atomic E-state index is 12.7. The van der Waals surface area contributed by atoms with E-state index in [1.54, 1.807) is 0 Å². The van der Waals surface area contributed by atoms with Crippen LogP contribution in [0.5, 0.6) is 0 Å². The Bertz CT molecular complexity index is 1890. The number of fused-ring (bicyclic) bond motifs is 2. The fraction of sp³-hybridized carbons (Fsp3) is 0.270. The van der Waals surface area contributed by atoms with Gasteiger partial charge in [0.05, 0.1) is 23.0 Å². The molecule has 0 radical (unpaired) electrons. The summed E-state index contributed by atoms with van der Waals surface area (Å²) in [6.45, 7) is 5.08. The molecule has 45 heavy (non-hydrogen) atoms. The number of nitrogens with one attached hydrogen (secondary N) is 2. The van der Waals surface area contributed by atoms with Crippen LogP contribution in [-0.2, 0) is 6.54 Å². The van der Waals surface area contributed by atoms with Crippen LogP contribution in [0.1, 0.15) is 57.8 Å². The first kappa shape index (κ1) is 29.0. The zero-order valence-corrected chi connectivity index (χ0v) is 25.5. The van der Waals surface area contributed by atoms with Gasteiger partial charge in [0, 0.05) is 41.7 Å². The van der Waals surface area contributed by atoms with Gasteiger partial charge in [0.2, 0.25) is 0 Å². The molecule has 1 unspecified atom stereocenters. The molecule has 2 aliphatic rings. The van der Waals surface area contributed by atoms with Crippen molar-refractivity contribution >= 4 is 28.8 Å². The number of likely N-dealkylation sites (tertiary alicyclic amines) is 1. The summed E-state index contributed by atoms with van der Waals surface area (Å²) in [6, 6.07) is 31.2. The summed E-state index contributed by atoms with van der Waals surface area (Å²) in [5.41, 5.74) is 7.04. The number of aromatic amines is 1. The van der Waals surface area contributed by atoms with Crippen LogP contribution in [0.25, 0.3) is 17.2 Å². The largest absolute Gasteiger partial charge is 0.395 e. The number of nitrogens with zero attached hydrogens (tertiary/aromatic N) is 4. The van der Waals surface area contributed by atoms with Crippen molar-refractivity contribution in [3.63, 3.8) is 0 Å². The second-order valence-corrected chi connectivity index (χ2v) is 12.0. The van der Waals surface area contributed by atoms with E-state index < -0.39 is 0 Å². The lowest BCUT2D eigenvalue weighted by Crippen LogP contribution is -2.39. The summed E-state index contributed by atoms with van der Waals surface area (Å²) < 4.78 is 0. The molecule has 0 aliphatic carbocycles. The number of rotatable bonds is 8. The fourth-order valence-corrected chi connectivity index (χ4v) is 6.48. The summed E-state index contributed by atoms with van der Waals surface area (Å²) >= 11 is 0. The lowest BCUT2D eigenvalue weighted by molar-refractivity contribution is 0.0944. The van der Waals surface area contributed by atoms with Crippen LogP contribution < -0.4 is 20.8 Å². The number of benzene rings is 4. The predicted octanol–water partition coefficient (Wildman–Crippen LogP) is 4.55. The molecule has 228 valence electrons. The van der Waals surface area contributed by atoms with E-state index in [4.69, 9.17) is 15.1 Å². The Balaban J connectivity index is 1.09. The lowest BCUT2D eigenvalue weighted by atomic mass is 9.95. The number of carbonyl (C=O) groups is 1. The summed E-state index contributed by atoms with van der Waals surface area (Å²) in [5, 5.41) is 13.7. The number of aromatic nitrogens is 2. The zero-order chi connectivity index (χ0) is 30.8. The number of H-pyrrole nitrogens is 1. The van der Waals surface area contributed by atoms with Crippen LogP contribution in [0.3, 0.4) is 0 Å². The number of aryl methyl sites for hydroxylation is 1. The van der Waals surface area contributed by atoms with E-state index in [9.17, 15) is 4.79 Å². The Labute approximate surface area is 262 Å². The molecule has 3 heterocycles. The molecule has 1 amide bonds. The molecule has 5 aromatic rings. The van der Waals surface area contributed by atoms with Crippen molar-refractivity contribution < 1.29 is 9.90 Å². The summed E-state index contributed by atoms with van der Waals surface area (Å²) in [7, 11) is 0. The SMILES string of the molecule is Cc1cc2c(cc1C(=O)NCCO)=CN(c1ccccc1)C(c1ccc(CN3CCC(c4nc5ccccc5[nH]4)CC3)cc1)N=2. The zero-order valence-electron chi connectivity index (χ0n) is 25.5. The molecular weight excluding hydrogens is 560 g/mol. The van der Waals surface area contributed by atoms with Crippen molar-refractivity contribution in [1.82, 2.24) is 20.2 Å². The van der Waals surface area contributed by atoms with E-state index in [0.717, 1.165) is 76.7 Å². The number of imidazole rings is 1. The molecule has 0 spiro atoms. The van der Waals surface area contributed by atoms with E-state index in [1.807, 2.05) is 43.3 Å². The molecule has 1 atom stereocenters. The van der Waals surface area contributed by atoms with Crippen LogP contribution in [0.15, 0.2) is 96.0 Å². The van der Waals surface area contributed by atoms with Gasteiger partial charge in [-0.1, -0.05) is 54.6 Å².